The molecule has 15 N–H and O–H groups in total. The van der Waals surface area contributed by atoms with Crippen LogP contribution in [0.5, 0.6) is 17.2 Å². The third kappa shape index (κ3) is 17.6. The van der Waals surface area contributed by atoms with Gasteiger partial charge in [-0.15, -0.1) is 10.2 Å². The zero-order valence-electron chi connectivity index (χ0n) is 48.0. The lowest BCUT2D eigenvalue weighted by Gasteiger charge is -2.33. The number of hydrogen-bond donors (Lipinski definition) is 14. The van der Waals surface area contributed by atoms with E-state index in [1.807, 2.05) is 24.3 Å². The molecule has 1 aromatic heterocycles. The molecule has 88 heavy (non-hydrogen) atoms. The Morgan fingerprint density at radius 3 is 2.08 bits per heavy atom. The summed E-state index contributed by atoms with van der Waals surface area (Å²) in [6, 6.07) is 5.32. The van der Waals surface area contributed by atoms with Crippen LogP contribution in [0.25, 0.3) is 21.1 Å². The van der Waals surface area contributed by atoms with Crippen molar-refractivity contribution >= 4 is 70.9 Å². The van der Waals surface area contributed by atoms with Crippen molar-refractivity contribution in [3.63, 3.8) is 0 Å². The summed E-state index contributed by atoms with van der Waals surface area (Å²) in [5, 5.41) is 112. The Morgan fingerprint density at radius 1 is 0.784 bits per heavy atom. The Labute approximate surface area is 512 Å². The van der Waals surface area contributed by atoms with E-state index in [-0.39, 0.29) is 29.2 Å². The number of amides is 8. The number of fused-ring (bicyclic) bond motifs is 2. The molecule has 13 unspecified atom stereocenters. The molecule has 0 radical (unpaired) electrons. The van der Waals surface area contributed by atoms with E-state index < -0.39 is 177 Å². The van der Waals surface area contributed by atoms with Crippen LogP contribution in [-0.2, 0) is 49.4 Å². The maximum absolute atomic E-state index is 14.7. The van der Waals surface area contributed by atoms with Crippen LogP contribution in [0.15, 0.2) is 66.7 Å². The second-order valence-electron chi connectivity index (χ2n) is 21.7. The van der Waals surface area contributed by atoms with Crippen LogP contribution in [0, 0.1) is 5.92 Å². The Bertz CT molecular complexity index is 3090. The van der Waals surface area contributed by atoms with E-state index in [1.54, 1.807) is 12.1 Å². The molecule has 7 rings (SSSR count). The number of aromatic nitrogens is 2. The number of β-amino-alcohol motifs (C(OH)–C–C–N with tert-alkyl or cyclic N) is 1. The molecule has 0 spiro atoms. The normalized spacial score (nSPS) is 25.2. The van der Waals surface area contributed by atoms with Crippen molar-refractivity contribution < 1.29 is 97.7 Å². The van der Waals surface area contributed by atoms with Crippen molar-refractivity contribution in [3.8, 4) is 38.4 Å². The quantitative estimate of drug-likeness (QED) is 0.0200. The van der Waals surface area contributed by atoms with Gasteiger partial charge in [-0.2, -0.15) is 0 Å². The number of phenolic OH excluding ortho intramolecular Hbond substituents is 1. The first kappa shape index (κ1) is 67.9. The van der Waals surface area contributed by atoms with Gasteiger partial charge in [0.1, 0.15) is 52.0 Å². The summed E-state index contributed by atoms with van der Waals surface area (Å²) in [5.41, 5.74) is 6.88. The number of aliphatic hydroxyl groups excluding tert-OH is 6. The zero-order chi connectivity index (χ0) is 63.9. The molecule has 3 aromatic carbocycles. The number of carbonyl (C=O) groups excluding carboxylic acids is 8. The highest BCUT2D eigenvalue weighted by Crippen LogP contribution is 2.33. The first-order chi connectivity index (χ1) is 42.0. The van der Waals surface area contributed by atoms with E-state index in [9.17, 15) is 74.1 Å². The van der Waals surface area contributed by atoms with E-state index in [4.69, 9.17) is 19.9 Å². The van der Waals surface area contributed by atoms with Gasteiger partial charge in [0, 0.05) is 61.5 Å². The predicted octanol–water partition coefficient (Wildman–Crippen LogP) is -1.28. The van der Waals surface area contributed by atoms with Crippen LogP contribution >= 0.6 is 23.7 Å². The molecule has 3 saturated heterocycles. The number of aliphatic hydroxyl groups is 6. The minimum absolute atomic E-state index is 0.00495. The summed E-state index contributed by atoms with van der Waals surface area (Å²) in [6.45, 7) is 3.61. The van der Waals surface area contributed by atoms with Gasteiger partial charge in [-0.25, -0.2) is 5.26 Å². The number of rotatable bonds is 21. The van der Waals surface area contributed by atoms with Crippen LogP contribution in [0.3, 0.4) is 0 Å². The number of primary amides is 1. The van der Waals surface area contributed by atoms with Gasteiger partial charge in [-0.05, 0) is 67.4 Å². The van der Waals surface area contributed by atoms with Gasteiger partial charge >= 0.3 is 0 Å². The Balaban J connectivity index is 1.18. The topological polar surface area (TPSA) is 454 Å². The molecule has 4 aromatic rings. The van der Waals surface area contributed by atoms with Gasteiger partial charge in [-0.1, -0.05) is 72.0 Å². The number of aromatic hydroxyl groups is 1. The molecule has 8 amide bonds. The summed E-state index contributed by atoms with van der Waals surface area (Å²) in [5.74, 6) is -10.4. The second kappa shape index (κ2) is 31.5. The summed E-state index contributed by atoms with van der Waals surface area (Å²) >= 11 is 1.35. The van der Waals surface area contributed by atoms with Crippen LogP contribution < -0.4 is 41.2 Å². The molecule has 3 aliphatic rings. The number of ether oxygens (including phenoxy) is 1. The molecule has 478 valence electrons. The molecule has 13 atom stereocenters. The van der Waals surface area contributed by atoms with E-state index in [1.165, 1.54) is 36.5 Å². The van der Waals surface area contributed by atoms with Crippen molar-refractivity contribution in [2.45, 2.75) is 145 Å². The third-order valence-electron chi connectivity index (χ3n) is 15.0. The number of nitrogens with one attached hydrogen (secondary N) is 5. The van der Waals surface area contributed by atoms with Crippen molar-refractivity contribution in [3.05, 3.63) is 77.9 Å². The smallest absolute Gasteiger partial charge is 0.261 e. The highest BCUT2D eigenvalue weighted by Gasteiger charge is 2.50. The fourth-order valence-corrected chi connectivity index (χ4v) is 11.4. The fraction of sp³-hybridized carbons (Fsp3) is 0.500. The lowest BCUT2D eigenvalue weighted by Crippen LogP contribution is -2.64. The Kier molecular flexibility index (Phi) is 24.3. The Hall–Kier alpha value is -7.63. The minimum atomic E-state index is -2.22. The molecule has 3 aliphatic heterocycles. The highest BCUT2D eigenvalue weighted by atomic mass is 32.2. The van der Waals surface area contributed by atoms with Gasteiger partial charge in [0.15, 0.2) is 11.5 Å². The van der Waals surface area contributed by atoms with E-state index in [0.29, 0.717) is 22.2 Å². The number of hydrogen-bond acceptors (Lipinski definition) is 24. The molecule has 0 bridgehead atoms. The van der Waals surface area contributed by atoms with Crippen molar-refractivity contribution in [1.29, 1.82) is 0 Å². The molecule has 32 heteroatoms. The molecular weight excluding hydrogens is 1200 g/mol. The SMILES string of the molecule is CCCCCCOc1ccc(-c2nnc(-c3ccc(C(=O)NC4CC(O)CNC(=O)C5C(O)C(C)CN5C(=O)C(C(O)CC(N)=O)NC(=O)C(C(O)Cc5ccc(O)c(OSOOO)c5)NC(=O)C5CC(O)CN5C(=O)C(C(C)O)NC4=O)cc3)s2)cc1. The molecule has 0 saturated carbocycles. The summed E-state index contributed by atoms with van der Waals surface area (Å²) < 4.78 is 15.2. The van der Waals surface area contributed by atoms with Crippen molar-refractivity contribution in [2.75, 3.05) is 26.2 Å². The standard InChI is InChI=1S/C56H72N10O20S2/c1-4-5-6-7-18-83-35-15-13-32(14-16-35)54-64-63-53(87-54)31-11-9-30(10-12-31)48(75)59-36-21-33(68)24-58-52(79)46-47(74)27(2)25-66(46)56(81)45(40(72)23-42(57)73)62-51(78)44(39(71)19-29-8-17-38(70)41(20-29)84-88-86-85-82)61-50(77)37-22-34(69)26-65(37)55(80)43(28(3)67)60-49(36)76/h8-17,20,27-28,33-34,36-37,39-40,43-47,67-72,74,82H,4-7,18-19,21-26H2,1-3H3,(H2,57,73)(H,58,79)(H,59,75)(H,60,76)(H,61,77)(H,62,78). The van der Waals surface area contributed by atoms with Crippen molar-refractivity contribution in [2.24, 2.45) is 11.7 Å². The van der Waals surface area contributed by atoms with Gasteiger partial charge in [0.05, 0.1) is 49.7 Å². The predicted molar refractivity (Wildman–Crippen MR) is 310 cm³/mol. The highest BCUT2D eigenvalue weighted by molar-refractivity contribution is 7.90. The Morgan fingerprint density at radius 2 is 1.43 bits per heavy atom. The second-order valence-corrected chi connectivity index (χ2v) is 23.1. The first-order valence-corrected chi connectivity index (χ1v) is 29.7. The third-order valence-corrected chi connectivity index (χ3v) is 16.4. The van der Waals surface area contributed by atoms with Crippen LogP contribution in [0.2, 0.25) is 0 Å². The molecule has 3 fully saturated rings. The average molecular weight is 1270 g/mol. The molecule has 0 aliphatic carbocycles. The van der Waals surface area contributed by atoms with E-state index >= 15 is 0 Å². The van der Waals surface area contributed by atoms with Crippen LogP contribution in [0.1, 0.15) is 81.6 Å². The summed E-state index contributed by atoms with van der Waals surface area (Å²) in [4.78, 5) is 115. The molecular formula is C56H72N10O20S2. The van der Waals surface area contributed by atoms with Crippen LogP contribution in [0.4, 0.5) is 0 Å². The largest absolute Gasteiger partial charge is 0.504 e. The lowest BCUT2D eigenvalue weighted by atomic mass is 9.98. The summed E-state index contributed by atoms with van der Waals surface area (Å²) in [6.07, 6.45) is -9.31. The van der Waals surface area contributed by atoms with Gasteiger partial charge in [0.2, 0.25) is 41.4 Å². The van der Waals surface area contributed by atoms with Gasteiger partial charge in [0.25, 0.3) is 18.2 Å². The number of nitrogens with zero attached hydrogens (tertiary/aromatic N) is 4. The molecule has 4 heterocycles. The zero-order valence-corrected chi connectivity index (χ0v) is 49.6. The van der Waals surface area contributed by atoms with Gasteiger partial charge in [-0.3, -0.25) is 38.4 Å². The van der Waals surface area contributed by atoms with E-state index in [2.05, 4.69) is 53.1 Å². The number of unbranched alkanes of at least 4 members (excludes halogenated alkanes) is 3. The summed E-state index contributed by atoms with van der Waals surface area (Å²) in [7, 11) is 0. The van der Waals surface area contributed by atoms with Gasteiger partial charge < -0.3 is 86.8 Å². The number of benzene rings is 3. The number of carbonyl (C=O) groups is 8. The number of phenols is 1. The average Bonchev–Trinajstić information content (AvgIpc) is 3.73. The van der Waals surface area contributed by atoms with E-state index in [0.717, 1.165) is 65.9 Å². The number of nitrogens with two attached hydrogens (primary N) is 1. The first-order valence-electron chi connectivity index (χ1n) is 28.3. The fourth-order valence-electron chi connectivity index (χ4n) is 10.3. The monoisotopic (exact) mass is 1270 g/mol. The minimum Gasteiger partial charge on any atom is -0.504 e. The van der Waals surface area contributed by atoms with Crippen molar-refractivity contribution in [1.82, 2.24) is 46.6 Å². The van der Waals surface area contributed by atoms with Crippen LogP contribution in [-0.4, -0.2) is 207 Å². The maximum Gasteiger partial charge on any atom is 0.261 e. The maximum atomic E-state index is 14.7. The lowest BCUT2D eigenvalue weighted by molar-refractivity contribution is -0.433. The molecule has 30 nitrogen and oxygen atoms in total.